The van der Waals surface area contributed by atoms with Crippen molar-refractivity contribution < 1.29 is 14.0 Å². The largest absolute Gasteiger partial charge is 0.325 e. The number of hydrogen-bond acceptors (Lipinski definition) is 4. The molecule has 1 aromatic heterocycles. The zero-order chi connectivity index (χ0) is 21.8. The van der Waals surface area contributed by atoms with E-state index in [-0.39, 0.29) is 12.1 Å². The van der Waals surface area contributed by atoms with Gasteiger partial charge in [-0.1, -0.05) is 24.3 Å². The highest BCUT2D eigenvalue weighted by Crippen LogP contribution is 2.15. The number of hydrogen-bond donors (Lipinski definition) is 2. The number of nitrogens with one attached hydrogen (secondary N) is 2. The smallest absolute Gasteiger partial charge is 0.269 e. The quantitative estimate of drug-likeness (QED) is 0.521. The van der Waals surface area contributed by atoms with Gasteiger partial charge in [-0.05, 0) is 48.5 Å². The first-order valence-corrected chi connectivity index (χ1v) is 9.41. The van der Waals surface area contributed by atoms with Crippen molar-refractivity contribution in [1.29, 1.82) is 0 Å². The molecule has 2 N–H and O–H groups in total. The highest BCUT2D eigenvalue weighted by molar-refractivity contribution is 6.05. The molecule has 0 aliphatic heterocycles. The van der Waals surface area contributed by atoms with Gasteiger partial charge in [-0.3, -0.25) is 19.0 Å². The number of anilines is 2. The molecule has 7 nitrogen and oxygen atoms in total. The highest BCUT2D eigenvalue weighted by Gasteiger charge is 2.11. The Hall–Kier alpha value is -4.33. The molecular formula is C23H17FN4O3. The normalized spacial score (nSPS) is 10.6. The van der Waals surface area contributed by atoms with Gasteiger partial charge in [0.25, 0.3) is 11.5 Å². The van der Waals surface area contributed by atoms with Crippen molar-refractivity contribution >= 4 is 34.2 Å². The molecule has 31 heavy (non-hydrogen) atoms. The zero-order valence-electron chi connectivity index (χ0n) is 16.2. The number of carbonyl (C=O) groups excluding carboxylic acids is 2. The van der Waals surface area contributed by atoms with Crippen LogP contribution in [-0.2, 0) is 11.3 Å². The van der Waals surface area contributed by atoms with E-state index >= 15 is 0 Å². The van der Waals surface area contributed by atoms with Gasteiger partial charge in [0.05, 0.1) is 17.2 Å². The van der Waals surface area contributed by atoms with Crippen LogP contribution < -0.4 is 16.2 Å². The highest BCUT2D eigenvalue weighted by atomic mass is 19.1. The number of amides is 2. The predicted octanol–water partition coefficient (Wildman–Crippen LogP) is 3.43. The van der Waals surface area contributed by atoms with E-state index in [1.54, 1.807) is 48.5 Å². The molecule has 0 spiro atoms. The minimum Gasteiger partial charge on any atom is -0.325 e. The van der Waals surface area contributed by atoms with Gasteiger partial charge >= 0.3 is 0 Å². The Morgan fingerprint density at radius 1 is 0.903 bits per heavy atom. The third-order valence-corrected chi connectivity index (χ3v) is 4.55. The van der Waals surface area contributed by atoms with Crippen LogP contribution in [-0.4, -0.2) is 21.4 Å². The summed E-state index contributed by atoms with van der Waals surface area (Å²) in [6.45, 7) is -0.207. The standard InChI is InChI=1S/C23H17FN4O3/c24-16-6-4-8-18(12-16)27-23(31)15-5-3-7-17(11-15)26-21(29)14-28-20-10-2-1-9-19(20)25-13-22(28)30/h1-13H,14H2,(H,26,29)(H,27,31). The molecule has 1 heterocycles. The summed E-state index contributed by atoms with van der Waals surface area (Å²) in [6, 6.07) is 18.9. The fraction of sp³-hybridized carbons (Fsp3) is 0.0435. The summed E-state index contributed by atoms with van der Waals surface area (Å²) in [4.78, 5) is 41.3. The number of aromatic nitrogens is 2. The fourth-order valence-electron chi connectivity index (χ4n) is 3.13. The summed E-state index contributed by atoms with van der Waals surface area (Å²) in [5.41, 5.74) is 1.76. The monoisotopic (exact) mass is 416 g/mol. The Kier molecular flexibility index (Phi) is 5.53. The molecule has 4 rings (SSSR count). The third-order valence-electron chi connectivity index (χ3n) is 4.55. The molecule has 2 amide bonds. The molecule has 4 aromatic rings. The van der Waals surface area contributed by atoms with Crippen LogP contribution in [0.1, 0.15) is 10.4 Å². The average molecular weight is 416 g/mol. The number of nitrogens with zero attached hydrogens (tertiary/aromatic N) is 2. The third kappa shape index (κ3) is 4.64. The Bertz CT molecular complexity index is 1350. The number of para-hydroxylation sites is 2. The van der Waals surface area contributed by atoms with E-state index in [4.69, 9.17) is 0 Å². The van der Waals surface area contributed by atoms with Crippen molar-refractivity contribution in [2.45, 2.75) is 6.54 Å². The van der Waals surface area contributed by atoms with E-state index in [1.807, 2.05) is 0 Å². The van der Waals surface area contributed by atoms with Crippen LogP contribution in [0.15, 0.2) is 83.8 Å². The molecular weight excluding hydrogens is 399 g/mol. The lowest BCUT2D eigenvalue weighted by Gasteiger charge is -2.11. The predicted molar refractivity (Wildman–Crippen MR) is 115 cm³/mol. The minimum absolute atomic E-state index is 0.207. The molecule has 0 atom stereocenters. The van der Waals surface area contributed by atoms with Crippen LogP contribution in [0.2, 0.25) is 0 Å². The summed E-state index contributed by atoms with van der Waals surface area (Å²) in [6.07, 6.45) is 1.17. The van der Waals surface area contributed by atoms with Gasteiger partial charge in [-0.15, -0.1) is 0 Å². The molecule has 0 aliphatic rings. The van der Waals surface area contributed by atoms with Crippen molar-refractivity contribution in [1.82, 2.24) is 9.55 Å². The maximum atomic E-state index is 13.3. The SMILES string of the molecule is O=C(Cn1c(=O)cnc2ccccc21)Nc1cccc(C(=O)Nc2cccc(F)c2)c1. The maximum absolute atomic E-state index is 13.3. The van der Waals surface area contributed by atoms with Gasteiger partial charge < -0.3 is 10.6 Å². The molecule has 0 radical (unpaired) electrons. The minimum atomic E-state index is -0.460. The van der Waals surface area contributed by atoms with Gasteiger partial charge in [-0.25, -0.2) is 9.37 Å². The topological polar surface area (TPSA) is 93.1 Å². The van der Waals surface area contributed by atoms with E-state index in [0.717, 1.165) is 0 Å². The lowest BCUT2D eigenvalue weighted by atomic mass is 10.1. The summed E-state index contributed by atoms with van der Waals surface area (Å²) in [5, 5.41) is 5.29. The first kappa shape index (κ1) is 20.0. The molecule has 8 heteroatoms. The second-order valence-corrected chi connectivity index (χ2v) is 6.76. The van der Waals surface area contributed by atoms with Crippen LogP contribution in [0.5, 0.6) is 0 Å². The van der Waals surface area contributed by atoms with E-state index in [2.05, 4.69) is 15.6 Å². The van der Waals surface area contributed by atoms with E-state index in [9.17, 15) is 18.8 Å². The van der Waals surface area contributed by atoms with Crippen molar-refractivity contribution in [3.8, 4) is 0 Å². The van der Waals surface area contributed by atoms with Gasteiger partial charge in [0.1, 0.15) is 12.4 Å². The molecule has 0 fully saturated rings. The Balaban J connectivity index is 1.49. The van der Waals surface area contributed by atoms with Crippen molar-refractivity contribution in [3.63, 3.8) is 0 Å². The van der Waals surface area contributed by atoms with Crippen LogP contribution in [0.3, 0.4) is 0 Å². The van der Waals surface area contributed by atoms with Crippen molar-refractivity contribution in [2.24, 2.45) is 0 Å². The molecule has 0 bridgehead atoms. The molecule has 3 aromatic carbocycles. The molecule has 0 aliphatic carbocycles. The Labute approximate surface area is 176 Å². The van der Waals surface area contributed by atoms with Crippen LogP contribution in [0, 0.1) is 5.82 Å². The number of rotatable bonds is 5. The van der Waals surface area contributed by atoms with Gasteiger partial charge in [0.15, 0.2) is 0 Å². The lowest BCUT2D eigenvalue weighted by molar-refractivity contribution is -0.116. The van der Waals surface area contributed by atoms with Crippen LogP contribution in [0.4, 0.5) is 15.8 Å². The van der Waals surface area contributed by atoms with Crippen LogP contribution >= 0.6 is 0 Å². The molecule has 0 saturated heterocycles. The lowest BCUT2D eigenvalue weighted by Crippen LogP contribution is -2.28. The van der Waals surface area contributed by atoms with E-state index < -0.39 is 23.2 Å². The Morgan fingerprint density at radius 3 is 2.45 bits per heavy atom. The average Bonchev–Trinajstić information content (AvgIpc) is 2.76. The van der Waals surface area contributed by atoms with E-state index in [1.165, 1.54) is 35.0 Å². The van der Waals surface area contributed by atoms with Crippen molar-refractivity contribution in [2.75, 3.05) is 10.6 Å². The van der Waals surface area contributed by atoms with Gasteiger partial charge in [0.2, 0.25) is 5.91 Å². The second kappa shape index (κ2) is 8.58. The number of carbonyl (C=O) groups is 2. The van der Waals surface area contributed by atoms with Gasteiger partial charge in [0, 0.05) is 16.9 Å². The molecule has 0 unspecified atom stereocenters. The summed E-state index contributed by atoms with van der Waals surface area (Å²) >= 11 is 0. The number of fused-ring (bicyclic) bond motifs is 1. The zero-order valence-corrected chi connectivity index (χ0v) is 16.2. The van der Waals surface area contributed by atoms with Crippen molar-refractivity contribution in [3.05, 3.63) is 101 Å². The number of benzene rings is 3. The molecule has 154 valence electrons. The molecule has 0 saturated carbocycles. The number of halogens is 1. The first-order valence-electron chi connectivity index (χ1n) is 9.41. The van der Waals surface area contributed by atoms with E-state index in [0.29, 0.717) is 22.4 Å². The summed E-state index contributed by atoms with van der Waals surface area (Å²) in [7, 11) is 0. The second-order valence-electron chi connectivity index (χ2n) is 6.76. The fourth-order valence-corrected chi connectivity index (χ4v) is 3.13. The van der Waals surface area contributed by atoms with Gasteiger partial charge in [-0.2, -0.15) is 0 Å². The van der Waals surface area contributed by atoms with Crippen LogP contribution in [0.25, 0.3) is 11.0 Å². The Morgan fingerprint density at radius 2 is 1.65 bits per heavy atom. The summed E-state index contributed by atoms with van der Waals surface area (Å²) in [5.74, 6) is -1.34. The first-order chi connectivity index (χ1) is 15.0. The maximum Gasteiger partial charge on any atom is 0.269 e. The summed E-state index contributed by atoms with van der Waals surface area (Å²) < 4.78 is 14.6.